The average molecular weight is 602 g/mol. The molecule has 2 aromatic heterocycles. The fourth-order valence-corrected chi connectivity index (χ4v) is 5.96. The third-order valence-electron chi connectivity index (χ3n) is 7.66. The number of halogens is 2. The Morgan fingerprint density at radius 1 is 1.12 bits per heavy atom. The van der Waals surface area contributed by atoms with Crippen molar-refractivity contribution < 1.29 is 19.0 Å². The summed E-state index contributed by atoms with van der Waals surface area (Å²) in [6.45, 7) is 6.50. The number of fused-ring (bicyclic) bond motifs is 1. The van der Waals surface area contributed by atoms with Crippen LogP contribution in [0, 0.1) is 5.92 Å². The molecule has 3 aromatic rings. The van der Waals surface area contributed by atoms with E-state index in [2.05, 4.69) is 34.1 Å². The van der Waals surface area contributed by atoms with Gasteiger partial charge >= 0.3 is 0 Å². The first-order chi connectivity index (χ1) is 19.8. The van der Waals surface area contributed by atoms with E-state index in [1.54, 1.807) is 12.3 Å². The van der Waals surface area contributed by atoms with Crippen molar-refractivity contribution in [2.24, 2.45) is 5.92 Å². The standard InChI is InChI=1S/C29H34Cl2N6O4/c1-5-19(38)10-17-14-41-15-21(17)35-29-32-13-16-11-20(24-25(30)22(39-3)12-23(40-4)26(24)31)34-28(27(16)36-29)33-18-6-8-37(2)9-7-18/h5,11-13,17-18,21H,1,6-10,14-15H2,2-4H3,(H,33,34)(H,32,35,36)/t17-,21+/m0/s1. The van der Waals surface area contributed by atoms with Gasteiger partial charge in [-0.05, 0) is 45.1 Å². The Morgan fingerprint density at radius 2 is 1.83 bits per heavy atom. The number of rotatable bonds is 10. The molecule has 2 atom stereocenters. The van der Waals surface area contributed by atoms with Gasteiger partial charge in [-0.1, -0.05) is 29.8 Å². The van der Waals surface area contributed by atoms with Crippen LogP contribution in [0.3, 0.4) is 0 Å². The summed E-state index contributed by atoms with van der Waals surface area (Å²) in [6.07, 6.45) is 5.38. The van der Waals surface area contributed by atoms with Crippen molar-refractivity contribution in [3.63, 3.8) is 0 Å². The third-order valence-corrected chi connectivity index (χ3v) is 8.41. The maximum atomic E-state index is 12.0. The second kappa shape index (κ2) is 12.8. The van der Waals surface area contributed by atoms with Crippen molar-refractivity contribution in [1.82, 2.24) is 19.9 Å². The number of aromatic nitrogens is 3. The van der Waals surface area contributed by atoms with E-state index in [9.17, 15) is 4.79 Å². The molecule has 0 spiro atoms. The number of carbonyl (C=O) groups excluding carboxylic acids is 1. The number of anilines is 2. The molecule has 0 aliphatic carbocycles. The van der Waals surface area contributed by atoms with Crippen LogP contribution in [0.2, 0.25) is 10.0 Å². The van der Waals surface area contributed by atoms with E-state index < -0.39 is 0 Å². The van der Waals surface area contributed by atoms with Gasteiger partial charge in [-0.15, -0.1) is 0 Å². The Labute approximate surface area is 249 Å². The number of piperidine rings is 1. The van der Waals surface area contributed by atoms with Gasteiger partial charge in [-0.3, -0.25) is 4.79 Å². The largest absolute Gasteiger partial charge is 0.495 e. The summed E-state index contributed by atoms with van der Waals surface area (Å²) in [7, 11) is 5.20. The number of nitrogens with zero attached hydrogens (tertiary/aromatic N) is 4. The summed E-state index contributed by atoms with van der Waals surface area (Å²) in [6, 6.07) is 3.62. The fourth-order valence-electron chi connectivity index (χ4n) is 5.26. The first-order valence-electron chi connectivity index (χ1n) is 13.5. The predicted octanol–water partition coefficient (Wildman–Crippen LogP) is 5.09. The number of pyridine rings is 1. The zero-order valence-corrected chi connectivity index (χ0v) is 24.9. The molecule has 0 saturated carbocycles. The smallest absolute Gasteiger partial charge is 0.223 e. The second-order valence-electron chi connectivity index (χ2n) is 10.4. The average Bonchev–Trinajstić information content (AvgIpc) is 3.40. The predicted molar refractivity (Wildman–Crippen MR) is 162 cm³/mol. The van der Waals surface area contributed by atoms with Gasteiger partial charge in [0.25, 0.3) is 0 Å². The lowest BCUT2D eigenvalue weighted by Gasteiger charge is -2.30. The van der Waals surface area contributed by atoms with Crippen LogP contribution >= 0.6 is 23.2 Å². The van der Waals surface area contributed by atoms with Crippen LogP contribution in [0.5, 0.6) is 11.5 Å². The summed E-state index contributed by atoms with van der Waals surface area (Å²) < 4.78 is 16.6. The number of nitrogens with one attached hydrogen (secondary N) is 2. The molecule has 0 bridgehead atoms. The molecule has 0 radical (unpaired) electrons. The van der Waals surface area contributed by atoms with Crippen molar-refractivity contribution in [2.45, 2.75) is 31.3 Å². The minimum absolute atomic E-state index is 0.00412. The Balaban J connectivity index is 1.56. The first kappa shape index (κ1) is 29.3. The van der Waals surface area contributed by atoms with Crippen LogP contribution in [-0.4, -0.2) is 85.3 Å². The Morgan fingerprint density at radius 3 is 2.49 bits per heavy atom. The number of methoxy groups -OCH3 is 2. The van der Waals surface area contributed by atoms with Crippen LogP contribution in [0.4, 0.5) is 11.8 Å². The van der Waals surface area contributed by atoms with Crippen LogP contribution in [0.25, 0.3) is 22.2 Å². The highest BCUT2D eigenvalue weighted by atomic mass is 35.5. The van der Waals surface area contributed by atoms with E-state index in [4.69, 9.17) is 47.4 Å². The summed E-state index contributed by atoms with van der Waals surface area (Å²) in [5.74, 6) is 1.88. The zero-order chi connectivity index (χ0) is 29.1. The molecular weight excluding hydrogens is 567 g/mol. The van der Waals surface area contributed by atoms with Gasteiger partial charge < -0.3 is 29.7 Å². The lowest BCUT2D eigenvalue weighted by Crippen LogP contribution is -2.37. The highest BCUT2D eigenvalue weighted by Gasteiger charge is 2.30. The number of benzene rings is 1. The molecule has 2 N–H and O–H groups in total. The van der Waals surface area contributed by atoms with Gasteiger partial charge in [-0.2, -0.15) is 0 Å². The number of likely N-dealkylation sites (tertiary alicyclic amines) is 1. The molecule has 5 rings (SSSR count). The molecular formula is C29H34Cl2N6O4. The topological polar surface area (TPSA) is 111 Å². The van der Waals surface area contributed by atoms with Crippen molar-refractivity contribution in [1.29, 1.82) is 0 Å². The molecule has 2 aliphatic rings. The first-order valence-corrected chi connectivity index (χ1v) is 14.3. The lowest BCUT2D eigenvalue weighted by molar-refractivity contribution is -0.115. The molecule has 2 saturated heterocycles. The Kier molecular flexibility index (Phi) is 9.13. The maximum absolute atomic E-state index is 12.0. The number of hydrogen-bond donors (Lipinski definition) is 2. The second-order valence-corrected chi connectivity index (χ2v) is 11.2. The van der Waals surface area contributed by atoms with Crippen molar-refractivity contribution in [3.05, 3.63) is 41.0 Å². The third kappa shape index (κ3) is 6.35. The highest BCUT2D eigenvalue weighted by molar-refractivity contribution is 6.41. The minimum Gasteiger partial charge on any atom is -0.495 e. The molecule has 0 unspecified atom stereocenters. The van der Waals surface area contributed by atoms with Crippen LogP contribution in [0.15, 0.2) is 31.0 Å². The summed E-state index contributed by atoms with van der Waals surface area (Å²) >= 11 is 13.5. The van der Waals surface area contributed by atoms with Gasteiger partial charge in [0, 0.05) is 41.6 Å². The van der Waals surface area contributed by atoms with E-state index in [0.29, 0.717) is 69.7 Å². The van der Waals surface area contributed by atoms with Gasteiger partial charge in [0.05, 0.1) is 49.2 Å². The SMILES string of the molecule is C=CC(=O)C[C@H]1COC[C@H]1Nc1ncc2cc(-c3c(Cl)c(OC)cc(OC)c3Cl)nc(NC3CCN(C)CC3)c2n1. The number of hydrogen-bond acceptors (Lipinski definition) is 10. The lowest BCUT2D eigenvalue weighted by atomic mass is 9.97. The number of ketones is 1. The molecule has 41 heavy (non-hydrogen) atoms. The summed E-state index contributed by atoms with van der Waals surface area (Å²) in [5.41, 5.74) is 1.69. The molecule has 0 amide bonds. The normalized spacial score (nSPS) is 19.7. The number of ether oxygens (including phenoxy) is 3. The molecule has 1 aromatic carbocycles. The summed E-state index contributed by atoms with van der Waals surface area (Å²) in [5, 5.41) is 8.42. The minimum atomic E-state index is -0.101. The fraction of sp³-hybridized carbons (Fsp3) is 0.448. The van der Waals surface area contributed by atoms with E-state index in [1.807, 2.05) is 6.07 Å². The van der Waals surface area contributed by atoms with E-state index in [1.165, 1.54) is 20.3 Å². The van der Waals surface area contributed by atoms with E-state index >= 15 is 0 Å². The molecule has 4 heterocycles. The van der Waals surface area contributed by atoms with E-state index in [0.717, 1.165) is 31.3 Å². The van der Waals surface area contributed by atoms with Crippen molar-refractivity contribution >= 4 is 51.7 Å². The van der Waals surface area contributed by atoms with Crippen LogP contribution < -0.4 is 20.1 Å². The van der Waals surface area contributed by atoms with Gasteiger partial charge in [0.15, 0.2) is 11.6 Å². The number of allylic oxidation sites excluding steroid dienone is 1. The van der Waals surface area contributed by atoms with E-state index in [-0.39, 0.29) is 23.8 Å². The highest BCUT2D eigenvalue weighted by Crippen LogP contribution is 2.46. The Hall–Kier alpha value is -3.18. The van der Waals surface area contributed by atoms with Crippen molar-refractivity contribution in [3.8, 4) is 22.8 Å². The van der Waals surface area contributed by atoms with Crippen LogP contribution in [0.1, 0.15) is 19.3 Å². The maximum Gasteiger partial charge on any atom is 0.223 e. The number of carbonyl (C=O) groups is 1. The van der Waals surface area contributed by atoms with Crippen LogP contribution in [-0.2, 0) is 9.53 Å². The molecule has 2 aliphatic heterocycles. The molecule has 12 heteroatoms. The molecule has 10 nitrogen and oxygen atoms in total. The molecule has 2 fully saturated rings. The Bertz CT molecular complexity index is 1420. The monoisotopic (exact) mass is 600 g/mol. The molecule has 218 valence electrons. The quantitative estimate of drug-likeness (QED) is 0.305. The van der Waals surface area contributed by atoms with Gasteiger partial charge in [-0.25, -0.2) is 15.0 Å². The van der Waals surface area contributed by atoms with Gasteiger partial charge in [0.1, 0.15) is 17.0 Å². The van der Waals surface area contributed by atoms with Gasteiger partial charge in [0.2, 0.25) is 5.95 Å². The van der Waals surface area contributed by atoms with Crippen molar-refractivity contribution in [2.75, 3.05) is 58.2 Å². The zero-order valence-electron chi connectivity index (χ0n) is 23.4. The summed E-state index contributed by atoms with van der Waals surface area (Å²) in [4.78, 5) is 28.7.